The molecule has 0 bridgehead atoms. The Morgan fingerprint density at radius 2 is 1.59 bits per heavy atom. The maximum atomic E-state index is 13.3. The van der Waals surface area contributed by atoms with Crippen molar-refractivity contribution >= 4 is 23.1 Å². The van der Waals surface area contributed by atoms with Gasteiger partial charge in [0.1, 0.15) is 11.4 Å². The van der Waals surface area contributed by atoms with Crippen molar-refractivity contribution in [1.82, 2.24) is 4.90 Å². The normalized spacial score (nSPS) is 14.1. The van der Waals surface area contributed by atoms with Gasteiger partial charge in [-0.05, 0) is 47.9 Å². The average Bonchev–Trinajstić information content (AvgIpc) is 3.07. The molecule has 1 aliphatic heterocycles. The number of rotatable bonds is 7. The Morgan fingerprint density at radius 3 is 2.24 bits per heavy atom. The molecule has 0 saturated carbocycles. The number of amides is 2. The molecule has 0 unspecified atom stereocenters. The number of hydrogen-bond donors (Lipinski definition) is 1. The Kier molecular flexibility index (Phi) is 6.40. The summed E-state index contributed by atoms with van der Waals surface area (Å²) in [6.07, 6.45) is -4.12. The lowest BCUT2D eigenvalue weighted by Gasteiger charge is -2.16. The number of alkyl halides is 3. The van der Waals surface area contributed by atoms with Gasteiger partial charge in [-0.25, -0.2) is 0 Å². The number of carbonyl (C=O) groups excluding carboxylic acids is 2. The number of benzene rings is 3. The summed E-state index contributed by atoms with van der Waals surface area (Å²) in [7, 11) is 1.56. The highest BCUT2D eigenvalue weighted by atomic mass is 19.4. The van der Waals surface area contributed by atoms with Crippen LogP contribution in [-0.2, 0) is 22.2 Å². The molecule has 0 saturated heterocycles. The van der Waals surface area contributed by atoms with E-state index in [1.165, 1.54) is 12.1 Å². The van der Waals surface area contributed by atoms with Gasteiger partial charge in [0.05, 0.1) is 18.2 Å². The van der Waals surface area contributed by atoms with Crippen LogP contribution in [0.2, 0.25) is 0 Å². The molecule has 8 heteroatoms. The number of ether oxygens (including phenoxy) is 1. The van der Waals surface area contributed by atoms with E-state index in [0.717, 1.165) is 22.6 Å². The number of imide groups is 1. The molecular weight excluding hydrogens is 445 g/mol. The summed E-state index contributed by atoms with van der Waals surface area (Å²) in [6.45, 7) is 0.119. The van der Waals surface area contributed by atoms with Gasteiger partial charge in [-0.1, -0.05) is 48.5 Å². The monoisotopic (exact) mass is 466 g/mol. The highest BCUT2D eigenvalue weighted by Crippen LogP contribution is 2.34. The zero-order chi connectivity index (χ0) is 24.3. The number of nitrogens with zero attached hydrogens (tertiary/aromatic N) is 1. The van der Waals surface area contributed by atoms with Crippen LogP contribution < -0.4 is 10.1 Å². The molecule has 5 nitrogen and oxygen atoms in total. The van der Waals surface area contributed by atoms with Gasteiger partial charge in [0.15, 0.2) is 0 Å². The van der Waals surface area contributed by atoms with Crippen molar-refractivity contribution in [1.29, 1.82) is 0 Å². The second kappa shape index (κ2) is 9.43. The molecule has 0 aromatic heterocycles. The van der Waals surface area contributed by atoms with Gasteiger partial charge in [0.25, 0.3) is 11.8 Å². The Labute approximate surface area is 194 Å². The van der Waals surface area contributed by atoms with E-state index in [-0.39, 0.29) is 23.5 Å². The third-order valence-electron chi connectivity index (χ3n) is 5.47. The van der Waals surface area contributed by atoms with Crippen LogP contribution in [-0.4, -0.2) is 30.4 Å². The number of anilines is 1. The molecule has 0 radical (unpaired) electrons. The predicted molar refractivity (Wildman–Crippen MR) is 122 cm³/mol. The summed E-state index contributed by atoms with van der Waals surface area (Å²) in [5.74, 6) is -0.397. The molecule has 4 rings (SSSR count). The molecule has 0 aliphatic carbocycles. The van der Waals surface area contributed by atoms with Gasteiger partial charge >= 0.3 is 6.18 Å². The molecule has 34 heavy (non-hydrogen) atoms. The van der Waals surface area contributed by atoms with Crippen LogP contribution in [0.4, 0.5) is 18.9 Å². The molecule has 1 aliphatic rings. The molecule has 174 valence electrons. The fourth-order valence-corrected chi connectivity index (χ4v) is 3.72. The van der Waals surface area contributed by atoms with Gasteiger partial charge in [-0.3, -0.25) is 14.5 Å². The van der Waals surface area contributed by atoms with E-state index in [4.69, 9.17) is 4.74 Å². The summed E-state index contributed by atoms with van der Waals surface area (Å²) >= 11 is 0. The van der Waals surface area contributed by atoms with E-state index >= 15 is 0 Å². The number of hydrogen-bond acceptors (Lipinski definition) is 4. The molecular formula is C26H21F3N2O3. The van der Waals surface area contributed by atoms with Gasteiger partial charge in [0, 0.05) is 12.2 Å². The van der Waals surface area contributed by atoms with Crippen LogP contribution in [0.3, 0.4) is 0 Å². The van der Waals surface area contributed by atoms with E-state index in [0.29, 0.717) is 17.7 Å². The summed E-state index contributed by atoms with van der Waals surface area (Å²) in [5, 5.41) is 2.78. The SMILES string of the molecule is COc1ccc(CCN2C(=O)C(Nc3cccc(C(F)(F)F)c3)=C(c3ccccc3)C2=O)cc1. The van der Waals surface area contributed by atoms with Gasteiger partial charge in [0.2, 0.25) is 0 Å². The van der Waals surface area contributed by atoms with Crippen molar-refractivity contribution in [3.05, 3.63) is 101 Å². The Balaban J connectivity index is 1.63. The first-order valence-corrected chi connectivity index (χ1v) is 10.5. The average molecular weight is 466 g/mol. The first-order valence-electron chi connectivity index (χ1n) is 10.5. The standard InChI is InChI=1S/C26H21F3N2O3/c1-34-21-12-10-17(11-13-21)14-15-31-24(32)22(18-6-3-2-4-7-18)23(25(31)33)30-20-9-5-8-19(16-20)26(27,28)29/h2-13,16,30H,14-15H2,1H3. The topological polar surface area (TPSA) is 58.6 Å². The minimum absolute atomic E-state index is 0.0507. The number of nitrogens with one attached hydrogen (secondary N) is 1. The van der Waals surface area contributed by atoms with Gasteiger partial charge in [-0.2, -0.15) is 13.2 Å². The summed E-state index contributed by atoms with van der Waals surface area (Å²) < 4.78 is 44.6. The molecule has 0 atom stereocenters. The first-order chi connectivity index (χ1) is 16.3. The number of halogens is 3. The summed E-state index contributed by atoms with van der Waals surface area (Å²) in [5.41, 5.74) is 0.691. The Morgan fingerprint density at radius 1 is 0.882 bits per heavy atom. The van der Waals surface area contributed by atoms with E-state index in [1.807, 2.05) is 12.1 Å². The van der Waals surface area contributed by atoms with E-state index in [9.17, 15) is 22.8 Å². The van der Waals surface area contributed by atoms with Crippen LogP contribution in [0.25, 0.3) is 5.57 Å². The maximum absolute atomic E-state index is 13.3. The van der Waals surface area contributed by atoms with Crippen molar-refractivity contribution in [2.75, 3.05) is 19.0 Å². The third-order valence-corrected chi connectivity index (χ3v) is 5.47. The second-order valence-electron chi connectivity index (χ2n) is 7.68. The predicted octanol–water partition coefficient (Wildman–Crippen LogP) is 5.15. The summed E-state index contributed by atoms with van der Waals surface area (Å²) in [6, 6.07) is 20.4. The first kappa shape index (κ1) is 23.1. The Hall–Kier alpha value is -4.07. The van der Waals surface area contributed by atoms with Crippen LogP contribution in [0.1, 0.15) is 16.7 Å². The number of carbonyl (C=O) groups is 2. The van der Waals surface area contributed by atoms with Crippen molar-refractivity contribution in [3.8, 4) is 5.75 Å². The minimum Gasteiger partial charge on any atom is -0.497 e. The van der Waals surface area contributed by atoms with E-state index in [1.54, 1.807) is 49.6 Å². The third kappa shape index (κ3) is 4.80. The lowest BCUT2D eigenvalue weighted by molar-refractivity contribution is -0.138. The van der Waals surface area contributed by atoms with Crippen molar-refractivity contribution in [2.24, 2.45) is 0 Å². The second-order valence-corrected chi connectivity index (χ2v) is 7.68. The van der Waals surface area contributed by atoms with Crippen molar-refractivity contribution < 1.29 is 27.5 Å². The van der Waals surface area contributed by atoms with Crippen LogP contribution in [0, 0.1) is 0 Å². The fraction of sp³-hybridized carbons (Fsp3) is 0.154. The zero-order valence-corrected chi connectivity index (χ0v) is 18.2. The molecule has 3 aromatic rings. The quantitative estimate of drug-likeness (QED) is 0.490. The van der Waals surface area contributed by atoms with Crippen molar-refractivity contribution in [3.63, 3.8) is 0 Å². The lowest BCUT2D eigenvalue weighted by Crippen LogP contribution is -2.34. The van der Waals surface area contributed by atoms with Crippen LogP contribution >= 0.6 is 0 Å². The van der Waals surface area contributed by atoms with Gasteiger partial charge < -0.3 is 10.1 Å². The van der Waals surface area contributed by atoms with Crippen LogP contribution in [0.5, 0.6) is 5.75 Å². The number of methoxy groups -OCH3 is 1. The molecule has 0 spiro atoms. The molecule has 3 aromatic carbocycles. The van der Waals surface area contributed by atoms with E-state index in [2.05, 4.69) is 5.32 Å². The van der Waals surface area contributed by atoms with Gasteiger partial charge in [-0.15, -0.1) is 0 Å². The van der Waals surface area contributed by atoms with Crippen LogP contribution in [0.15, 0.2) is 84.6 Å². The summed E-state index contributed by atoms with van der Waals surface area (Å²) in [4.78, 5) is 27.6. The molecule has 1 heterocycles. The highest BCUT2D eigenvalue weighted by molar-refractivity contribution is 6.36. The lowest BCUT2D eigenvalue weighted by atomic mass is 10.0. The fourth-order valence-electron chi connectivity index (χ4n) is 3.72. The maximum Gasteiger partial charge on any atom is 0.416 e. The minimum atomic E-state index is -4.53. The highest BCUT2D eigenvalue weighted by Gasteiger charge is 2.39. The molecule has 2 amide bonds. The smallest absolute Gasteiger partial charge is 0.416 e. The Bertz CT molecular complexity index is 1240. The molecule has 1 N–H and O–H groups in total. The zero-order valence-electron chi connectivity index (χ0n) is 18.2. The van der Waals surface area contributed by atoms with E-state index < -0.39 is 23.6 Å². The largest absolute Gasteiger partial charge is 0.497 e. The molecule has 0 fully saturated rings. The van der Waals surface area contributed by atoms with Crippen molar-refractivity contribution in [2.45, 2.75) is 12.6 Å².